The van der Waals surface area contributed by atoms with Gasteiger partial charge in [0.1, 0.15) is 0 Å². The molecule has 0 aliphatic heterocycles. The molecule has 0 aromatic heterocycles. The molecule has 0 fully saturated rings. The summed E-state index contributed by atoms with van der Waals surface area (Å²) in [4.78, 5) is 12.9. The first kappa shape index (κ1) is 12.9. The predicted molar refractivity (Wildman–Crippen MR) is 76.8 cm³/mol. The predicted octanol–water partition coefficient (Wildman–Crippen LogP) is 4.25. The third-order valence-corrected chi connectivity index (χ3v) is 3.65. The number of benzene rings is 2. The number of hydrogen-bond acceptors (Lipinski definition) is 2. The molecule has 0 aliphatic carbocycles. The minimum Gasteiger partial charge on any atom is -0.287 e. The smallest absolute Gasteiger partial charge is 0.194 e. The van der Waals surface area contributed by atoms with E-state index in [1.807, 2.05) is 49.4 Å². The van der Waals surface area contributed by atoms with Crippen molar-refractivity contribution in [3.8, 4) is 0 Å². The highest BCUT2D eigenvalue weighted by molar-refractivity contribution is 8.13. The summed E-state index contributed by atoms with van der Waals surface area (Å²) in [6.07, 6.45) is 1.40. The lowest BCUT2D eigenvalue weighted by Gasteiger charge is -2.02. The van der Waals surface area contributed by atoms with Gasteiger partial charge in [0.25, 0.3) is 0 Å². The van der Waals surface area contributed by atoms with E-state index >= 15 is 0 Å². The van der Waals surface area contributed by atoms with Gasteiger partial charge in [0, 0.05) is 11.3 Å². The van der Waals surface area contributed by atoms with Crippen LogP contribution < -0.4 is 0 Å². The maximum atomic E-state index is 11.8. The lowest BCUT2D eigenvalue weighted by Crippen LogP contribution is -1.95. The zero-order chi connectivity index (χ0) is 12.8. The molecule has 92 valence electrons. The molecule has 0 amide bonds. The van der Waals surface area contributed by atoms with Gasteiger partial charge in [-0.1, -0.05) is 59.8 Å². The first-order valence-corrected chi connectivity index (χ1v) is 6.87. The van der Waals surface area contributed by atoms with Crippen molar-refractivity contribution >= 4 is 16.9 Å². The van der Waals surface area contributed by atoms with Crippen molar-refractivity contribution in [2.75, 3.05) is 0 Å². The van der Waals surface area contributed by atoms with Gasteiger partial charge in [0.15, 0.2) is 5.12 Å². The van der Waals surface area contributed by atoms with Gasteiger partial charge in [-0.25, -0.2) is 0 Å². The Labute approximate surface area is 112 Å². The van der Waals surface area contributed by atoms with Gasteiger partial charge < -0.3 is 0 Å². The summed E-state index contributed by atoms with van der Waals surface area (Å²) in [5.41, 5.74) is 2.44. The molecule has 1 nitrogen and oxygen atoms in total. The molecule has 0 radical (unpaired) electrons. The number of thioether (sulfide) groups is 1. The van der Waals surface area contributed by atoms with Crippen molar-refractivity contribution in [1.29, 1.82) is 0 Å². The van der Waals surface area contributed by atoms with Crippen molar-refractivity contribution in [2.45, 2.75) is 24.7 Å². The van der Waals surface area contributed by atoms with Crippen LogP contribution in [0.4, 0.5) is 0 Å². The van der Waals surface area contributed by atoms with Crippen molar-refractivity contribution in [1.82, 2.24) is 0 Å². The zero-order valence-corrected chi connectivity index (χ0v) is 11.2. The van der Waals surface area contributed by atoms with Crippen LogP contribution in [0.1, 0.15) is 17.5 Å². The van der Waals surface area contributed by atoms with Crippen LogP contribution in [-0.4, -0.2) is 5.12 Å². The first-order valence-electron chi connectivity index (χ1n) is 6.05. The molecule has 0 heterocycles. The van der Waals surface area contributed by atoms with Crippen LogP contribution in [-0.2, 0) is 11.2 Å². The minimum atomic E-state index is 0.225. The molecule has 0 spiro atoms. The van der Waals surface area contributed by atoms with Crippen LogP contribution in [0, 0.1) is 6.92 Å². The third kappa shape index (κ3) is 4.04. The van der Waals surface area contributed by atoms with Gasteiger partial charge in [0.2, 0.25) is 0 Å². The molecule has 18 heavy (non-hydrogen) atoms. The van der Waals surface area contributed by atoms with Crippen LogP contribution >= 0.6 is 11.8 Å². The molecule has 2 rings (SSSR count). The maximum Gasteiger partial charge on any atom is 0.194 e. The lowest BCUT2D eigenvalue weighted by atomic mass is 10.1. The third-order valence-electron chi connectivity index (χ3n) is 2.71. The Kier molecular flexibility index (Phi) is 4.59. The van der Waals surface area contributed by atoms with E-state index in [2.05, 4.69) is 12.1 Å². The second kappa shape index (κ2) is 6.41. The minimum absolute atomic E-state index is 0.225. The average molecular weight is 256 g/mol. The highest BCUT2D eigenvalue weighted by Gasteiger charge is 2.05. The van der Waals surface area contributed by atoms with E-state index in [4.69, 9.17) is 0 Å². The fourth-order valence-electron chi connectivity index (χ4n) is 1.68. The molecule has 0 aliphatic rings. The average Bonchev–Trinajstić information content (AvgIpc) is 2.40. The van der Waals surface area contributed by atoms with E-state index in [-0.39, 0.29) is 5.12 Å². The molecular weight excluding hydrogens is 240 g/mol. The van der Waals surface area contributed by atoms with Crippen LogP contribution in [0.15, 0.2) is 59.5 Å². The van der Waals surface area contributed by atoms with Crippen molar-refractivity contribution in [3.63, 3.8) is 0 Å². The molecule has 0 saturated carbocycles. The molecule has 0 atom stereocenters. The normalized spacial score (nSPS) is 10.3. The number of rotatable bonds is 4. The van der Waals surface area contributed by atoms with Crippen LogP contribution in [0.3, 0.4) is 0 Å². The number of carbonyl (C=O) groups is 1. The second-order valence-electron chi connectivity index (χ2n) is 4.27. The van der Waals surface area contributed by atoms with E-state index in [9.17, 15) is 4.79 Å². The first-order chi connectivity index (χ1) is 8.74. The van der Waals surface area contributed by atoms with Crippen LogP contribution in [0.25, 0.3) is 0 Å². The van der Waals surface area contributed by atoms with Gasteiger partial charge in [-0.2, -0.15) is 0 Å². The SMILES string of the molecule is Cc1ccc(SC(=O)CCc2ccccc2)cc1. The summed E-state index contributed by atoms with van der Waals surface area (Å²) in [7, 11) is 0. The Morgan fingerprint density at radius 1 is 1.00 bits per heavy atom. The van der Waals surface area contributed by atoms with E-state index in [1.165, 1.54) is 22.9 Å². The molecule has 0 unspecified atom stereocenters. The monoisotopic (exact) mass is 256 g/mol. The maximum absolute atomic E-state index is 11.8. The van der Waals surface area contributed by atoms with Gasteiger partial charge in [0.05, 0.1) is 0 Å². The van der Waals surface area contributed by atoms with Crippen molar-refractivity contribution in [2.24, 2.45) is 0 Å². The summed E-state index contributed by atoms with van der Waals surface area (Å²) in [6.45, 7) is 2.05. The number of carbonyl (C=O) groups excluding carboxylic acids is 1. The summed E-state index contributed by atoms with van der Waals surface area (Å²) in [6, 6.07) is 18.2. The van der Waals surface area contributed by atoms with E-state index < -0.39 is 0 Å². The lowest BCUT2D eigenvalue weighted by molar-refractivity contribution is -0.110. The fourth-order valence-corrected chi connectivity index (χ4v) is 2.42. The Balaban J connectivity index is 1.84. The van der Waals surface area contributed by atoms with Gasteiger partial charge in [-0.3, -0.25) is 4.79 Å². The Hall–Kier alpha value is -1.54. The van der Waals surface area contributed by atoms with Gasteiger partial charge in [-0.15, -0.1) is 0 Å². The number of hydrogen-bond donors (Lipinski definition) is 0. The summed E-state index contributed by atoms with van der Waals surface area (Å²) in [5, 5.41) is 0.225. The van der Waals surface area contributed by atoms with Gasteiger partial charge in [-0.05, 0) is 31.0 Å². The standard InChI is InChI=1S/C16H16OS/c1-13-7-10-15(11-8-13)18-16(17)12-9-14-5-3-2-4-6-14/h2-8,10-11H,9,12H2,1H3. The highest BCUT2D eigenvalue weighted by Crippen LogP contribution is 2.21. The summed E-state index contributed by atoms with van der Waals surface area (Å²) >= 11 is 1.33. The molecule has 0 bridgehead atoms. The molecular formula is C16H16OS. The second-order valence-corrected chi connectivity index (χ2v) is 5.40. The zero-order valence-electron chi connectivity index (χ0n) is 10.4. The highest BCUT2D eigenvalue weighted by atomic mass is 32.2. The summed E-state index contributed by atoms with van der Waals surface area (Å²) in [5.74, 6) is 0. The largest absolute Gasteiger partial charge is 0.287 e. The quantitative estimate of drug-likeness (QED) is 0.761. The van der Waals surface area contributed by atoms with E-state index in [0.29, 0.717) is 6.42 Å². The van der Waals surface area contributed by atoms with Gasteiger partial charge >= 0.3 is 0 Å². The Morgan fingerprint density at radius 3 is 2.33 bits per heavy atom. The van der Waals surface area contributed by atoms with Crippen molar-refractivity contribution < 1.29 is 4.79 Å². The Bertz CT molecular complexity index is 502. The topological polar surface area (TPSA) is 17.1 Å². The Morgan fingerprint density at radius 2 is 1.67 bits per heavy atom. The van der Waals surface area contributed by atoms with Crippen LogP contribution in [0.5, 0.6) is 0 Å². The van der Waals surface area contributed by atoms with E-state index in [0.717, 1.165) is 11.3 Å². The molecule has 2 aromatic carbocycles. The molecule has 2 heteroatoms. The molecule has 0 N–H and O–H groups in total. The van der Waals surface area contributed by atoms with Crippen molar-refractivity contribution in [3.05, 3.63) is 65.7 Å². The number of aryl methyl sites for hydroxylation is 2. The fraction of sp³-hybridized carbons (Fsp3) is 0.188. The summed E-state index contributed by atoms with van der Waals surface area (Å²) < 4.78 is 0. The van der Waals surface area contributed by atoms with Crippen LogP contribution in [0.2, 0.25) is 0 Å². The van der Waals surface area contributed by atoms with E-state index in [1.54, 1.807) is 0 Å². The molecule has 0 saturated heterocycles. The molecule has 2 aromatic rings.